The van der Waals surface area contributed by atoms with Gasteiger partial charge in [0.1, 0.15) is 5.60 Å². The van der Waals surface area contributed by atoms with Crippen LogP contribution in [0.2, 0.25) is 0 Å². The van der Waals surface area contributed by atoms with Gasteiger partial charge in [0, 0.05) is 19.7 Å². The number of amides is 1. The normalized spacial score (nSPS) is 19.9. The van der Waals surface area contributed by atoms with Gasteiger partial charge in [-0.25, -0.2) is 4.79 Å². The Labute approximate surface area is 116 Å². The van der Waals surface area contributed by atoms with Crippen LogP contribution in [0.1, 0.15) is 53.4 Å². The number of aliphatic hydroxyl groups is 1. The third-order valence-electron chi connectivity index (χ3n) is 3.33. The molecule has 0 radical (unpaired) electrons. The first-order valence-corrected chi connectivity index (χ1v) is 7.10. The summed E-state index contributed by atoms with van der Waals surface area (Å²) in [5, 5.41) is 8.99. The third kappa shape index (κ3) is 5.64. The van der Waals surface area contributed by atoms with Crippen LogP contribution in [-0.2, 0) is 4.74 Å². The second kappa shape index (κ2) is 6.94. The van der Waals surface area contributed by atoms with E-state index >= 15 is 0 Å². The number of carbonyl (C=O) groups excluding carboxylic acids is 1. The highest BCUT2D eigenvalue weighted by molar-refractivity contribution is 5.68. The van der Waals surface area contributed by atoms with Crippen molar-refractivity contribution in [3.8, 4) is 0 Å². The average molecular weight is 269 g/mol. The van der Waals surface area contributed by atoms with Crippen LogP contribution in [0, 0.1) is 0 Å². The zero-order chi connectivity index (χ0) is 14.5. The van der Waals surface area contributed by atoms with Crippen LogP contribution in [0.15, 0.2) is 11.1 Å². The smallest absolute Gasteiger partial charge is 0.410 e. The molecule has 0 unspecified atom stereocenters. The van der Waals surface area contributed by atoms with E-state index in [1.165, 1.54) is 11.1 Å². The van der Waals surface area contributed by atoms with Crippen LogP contribution >= 0.6 is 0 Å². The van der Waals surface area contributed by atoms with Crippen molar-refractivity contribution in [2.24, 2.45) is 0 Å². The summed E-state index contributed by atoms with van der Waals surface area (Å²) in [6.07, 6.45) is 3.41. The molecule has 0 aromatic heterocycles. The molecule has 4 nitrogen and oxygen atoms in total. The van der Waals surface area contributed by atoms with E-state index < -0.39 is 5.60 Å². The molecule has 1 saturated heterocycles. The molecule has 0 aliphatic carbocycles. The Balaban J connectivity index is 2.59. The highest BCUT2D eigenvalue weighted by atomic mass is 16.6. The zero-order valence-electron chi connectivity index (χ0n) is 12.7. The standard InChI is InChI=1S/C15H27NO3/c1-12(8-11-17)13-6-5-9-16(10-7-13)14(18)19-15(2,3)4/h17H,5-11H2,1-4H3/b13-12+. The van der Waals surface area contributed by atoms with Crippen LogP contribution in [0.3, 0.4) is 0 Å². The maximum absolute atomic E-state index is 12.0. The summed E-state index contributed by atoms with van der Waals surface area (Å²) >= 11 is 0. The molecule has 0 aromatic rings. The fourth-order valence-electron chi connectivity index (χ4n) is 2.27. The van der Waals surface area contributed by atoms with Crippen LogP contribution in [0.25, 0.3) is 0 Å². The number of ether oxygens (including phenoxy) is 1. The van der Waals surface area contributed by atoms with Gasteiger partial charge in [0.15, 0.2) is 0 Å². The van der Waals surface area contributed by atoms with E-state index in [1.54, 1.807) is 4.90 Å². The molecule has 4 heteroatoms. The molecule has 1 fully saturated rings. The molecule has 1 aliphatic heterocycles. The number of rotatable bonds is 2. The van der Waals surface area contributed by atoms with Crippen LogP contribution in [0.4, 0.5) is 4.79 Å². The molecular formula is C15H27NO3. The van der Waals surface area contributed by atoms with Crippen molar-refractivity contribution in [2.75, 3.05) is 19.7 Å². The number of aliphatic hydroxyl groups excluding tert-OH is 1. The molecule has 0 aromatic carbocycles. The van der Waals surface area contributed by atoms with E-state index in [2.05, 4.69) is 6.92 Å². The largest absolute Gasteiger partial charge is 0.444 e. The summed E-state index contributed by atoms with van der Waals surface area (Å²) < 4.78 is 5.41. The van der Waals surface area contributed by atoms with Crippen molar-refractivity contribution in [1.82, 2.24) is 4.90 Å². The van der Waals surface area contributed by atoms with Crippen molar-refractivity contribution >= 4 is 6.09 Å². The second-order valence-electron chi connectivity index (χ2n) is 6.18. The Bertz CT molecular complexity index is 342. The van der Waals surface area contributed by atoms with E-state index in [-0.39, 0.29) is 12.7 Å². The molecule has 110 valence electrons. The van der Waals surface area contributed by atoms with Crippen molar-refractivity contribution in [3.63, 3.8) is 0 Å². The van der Waals surface area contributed by atoms with Gasteiger partial charge in [-0.05, 0) is 53.4 Å². The van der Waals surface area contributed by atoms with Crippen molar-refractivity contribution in [3.05, 3.63) is 11.1 Å². The van der Waals surface area contributed by atoms with E-state index in [9.17, 15) is 4.79 Å². The molecule has 1 heterocycles. The predicted molar refractivity (Wildman–Crippen MR) is 76.1 cm³/mol. The SMILES string of the molecule is C/C(CCO)=C1/CCCN(C(=O)OC(C)(C)C)CC1. The van der Waals surface area contributed by atoms with Gasteiger partial charge in [-0.1, -0.05) is 11.1 Å². The first kappa shape index (κ1) is 16.0. The van der Waals surface area contributed by atoms with E-state index in [0.29, 0.717) is 6.54 Å². The Morgan fingerprint density at radius 1 is 1.32 bits per heavy atom. The summed E-state index contributed by atoms with van der Waals surface area (Å²) in [5.74, 6) is 0. The maximum atomic E-state index is 12.0. The number of hydrogen-bond donors (Lipinski definition) is 1. The first-order valence-electron chi connectivity index (χ1n) is 7.10. The van der Waals surface area contributed by atoms with Crippen molar-refractivity contribution in [2.45, 2.75) is 59.0 Å². The maximum Gasteiger partial charge on any atom is 0.410 e. The lowest BCUT2D eigenvalue weighted by atomic mass is 10.0. The van der Waals surface area contributed by atoms with Gasteiger partial charge in [0.05, 0.1) is 0 Å². The van der Waals surface area contributed by atoms with Crippen molar-refractivity contribution < 1.29 is 14.6 Å². The van der Waals surface area contributed by atoms with Crippen LogP contribution < -0.4 is 0 Å². The number of nitrogens with zero attached hydrogens (tertiary/aromatic N) is 1. The minimum absolute atomic E-state index is 0.200. The molecule has 0 saturated carbocycles. The fraction of sp³-hybridized carbons (Fsp3) is 0.800. The quantitative estimate of drug-likeness (QED) is 0.784. The highest BCUT2D eigenvalue weighted by Gasteiger charge is 2.23. The van der Waals surface area contributed by atoms with Gasteiger partial charge in [-0.2, -0.15) is 0 Å². The van der Waals surface area contributed by atoms with E-state index in [0.717, 1.165) is 32.2 Å². The Kier molecular flexibility index (Phi) is 5.85. The molecule has 1 aliphatic rings. The van der Waals surface area contributed by atoms with Crippen LogP contribution in [0.5, 0.6) is 0 Å². The topological polar surface area (TPSA) is 49.8 Å². The minimum atomic E-state index is -0.436. The molecule has 0 bridgehead atoms. The summed E-state index contributed by atoms with van der Waals surface area (Å²) in [4.78, 5) is 13.8. The van der Waals surface area contributed by atoms with Gasteiger partial charge < -0.3 is 14.7 Å². The number of carbonyl (C=O) groups is 1. The lowest BCUT2D eigenvalue weighted by molar-refractivity contribution is 0.0258. The predicted octanol–water partition coefficient (Wildman–Crippen LogP) is 3.11. The lowest BCUT2D eigenvalue weighted by Gasteiger charge is -2.26. The van der Waals surface area contributed by atoms with Crippen LogP contribution in [-0.4, -0.2) is 41.4 Å². The molecule has 0 atom stereocenters. The molecular weight excluding hydrogens is 242 g/mol. The lowest BCUT2D eigenvalue weighted by Crippen LogP contribution is -2.37. The zero-order valence-corrected chi connectivity index (χ0v) is 12.7. The molecule has 1 rings (SSSR count). The van der Waals surface area contributed by atoms with Gasteiger partial charge >= 0.3 is 6.09 Å². The molecule has 0 spiro atoms. The number of hydrogen-bond acceptors (Lipinski definition) is 3. The highest BCUT2D eigenvalue weighted by Crippen LogP contribution is 2.22. The van der Waals surface area contributed by atoms with Gasteiger partial charge in [0.2, 0.25) is 0 Å². The molecule has 1 N–H and O–H groups in total. The summed E-state index contributed by atoms with van der Waals surface area (Å²) in [5.41, 5.74) is 2.23. The Morgan fingerprint density at radius 2 is 2.00 bits per heavy atom. The Hall–Kier alpha value is -1.03. The summed E-state index contributed by atoms with van der Waals surface area (Å²) in [6.45, 7) is 9.41. The monoisotopic (exact) mass is 269 g/mol. The minimum Gasteiger partial charge on any atom is -0.444 e. The second-order valence-corrected chi connectivity index (χ2v) is 6.18. The summed E-state index contributed by atoms with van der Waals surface area (Å²) in [7, 11) is 0. The Morgan fingerprint density at radius 3 is 2.58 bits per heavy atom. The fourth-order valence-corrected chi connectivity index (χ4v) is 2.27. The molecule has 19 heavy (non-hydrogen) atoms. The number of likely N-dealkylation sites (tertiary alicyclic amines) is 1. The van der Waals surface area contributed by atoms with Gasteiger partial charge in [-0.15, -0.1) is 0 Å². The van der Waals surface area contributed by atoms with Gasteiger partial charge in [-0.3, -0.25) is 0 Å². The third-order valence-corrected chi connectivity index (χ3v) is 3.33. The van der Waals surface area contributed by atoms with E-state index in [4.69, 9.17) is 9.84 Å². The average Bonchev–Trinajstić information content (AvgIpc) is 2.52. The first-order chi connectivity index (χ1) is 8.83. The van der Waals surface area contributed by atoms with Gasteiger partial charge in [0.25, 0.3) is 0 Å². The van der Waals surface area contributed by atoms with E-state index in [1.807, 2.05) is 20.8 Å². The molecule has 1 amide bonds. The summed E-state index contributed by atoms with van der Waals surface area (Å²) in [6, 6.07) is 0. The van der Waals surface area contributed by atoms with Crippen molar-refractivity contribution in [1.29, 1.82) is 0 Å².